The summed E-state index contributed by atoms with van der Waals surface area (Å²) in [6.45, 7) is 8.11. The normalized spacial score (nSPS) is 11.4. The molecule has 0 fully saturated rings. The molecule has 0 aromatic heterocycles. The van der Waals surface area contributed by atoms with Crippen LogP contribution in [-0.2, 0) is 4.79 Å². The number of hydrogen-bond donors (Lipinski definition) is 2. The maximum atomic E-state index is 11.6. The van der Waals surface area contributed by atoms with Gasteiger partial charge in [0.25, 0.3) is 0 Å². The van der Waals surface area contributed by atoms with Crippen molar-refractivity contribution in [2.45, 2.75) is 33.6 Å². The second-order valence-electron chi connectivity index (χ2n) is 5.34. The van der Waals surface area contributed by atoms with E-state index in [1.54, 1.807) is 13.8 Å². The fraction of sp³-hybridized carbons (Fsp3) is 0.500. The van der Waals surface area contributed by atoms with E-state index in [9.17, 15) is 4.79 Å². The molecule has 0 unspecified atom stereocenters. The van der Waals surface area contributed by atoms with Gasteiger partial charge >= 0.3 is 0 Å². The lowest BCUT2D eigenvalue weighted by Crippen LogP contribution is -2.44. The molecule has 0 spiro atoms. The van der Waals surface area contributed by atoms with E-state index in [4.69, 9.17) is 10.6 Å². The van der Waals surface area contributed by atoms with Crippen molar-refractivity contribution in [2.24, 2.45) is 11.3 Å². The minimum atomic E-state index is -0.654. The highest BCUT2D eigenvalue weighted by Gasteiger charge is 2.28. The summed E-state index contributed by atoms with van der Waals surface area (Å²) in [4.78, 5) is 11.6. The van der Waals surface area contributed by atoms with Crippen LogP contribution in [0.5, 0.6) is 5.75 Å². The Morgan fingerprint density at radius 1 is 1.39 bits per heavy atom. The van der Waals surface area contributed by atoms with Crippen LogP contribution in [0.3, 0.4) is 0 Å². The summed E-state index contributed by atoms with van der Waals surface area (Å²) in [5.74, 6) is 6.12. The Kier molecular flexibility index (Phi) is 4.73. The number of amides is 1. The zero-order valence-corrected chi connectivity index (χ0v) is 11.5. The van der Waals surface area contributed by atoms with E-state index in [2.05, 4.69) is 19.3 Å². The van der Waals surface area contributed by atoms with E-state index in [1.807, 2.05) is 24.3 Å². The molecule has 0 saturated carbocycles. The molecule has 18 heavy (non-hydrogen) atoms. The monoisotopic (exact) mass is 250 g/mol. The van der Waals surface area contributed by atoms with Gasteiger partial charge in [0.05, 0.1) is 5.41 Å². The van der Waals surface area contributed by atoms with Crippen molar-refractivity contribution < 1.29 is 9.53 Å². The van der Waals surface area contributed by atoms with Crippen molar-refractivity contribution in [3.63, 3.8) is 0 Å². The van der Waals surface area contributed by atoms with Crippen LogP contribution in [0.4, 0.5) is 0 Å². The third kappa shape index (κ3) is 3.47. The minimum absolute atomic E-state index is 0.232. The summed E-state index contributed by atoms with van der Waals surface area (Å²) in [7, 11) is 0. The molecule has 4 nitrogen and oxygen atoms in total. The lowest BCUT2D eigenvalue weighted by atomic mass is 9.94. The van der Waals surface area contributed by atoms with Crippen molar-refractivity contribution >= 4 is 5.91 Å². The fourth-order valence-corrected chi connectivity index (χ4v) is 1.61. The molecule has 0 saturated heterocycles. The van der Waals surface area contributed by atoms with E-state index >= 15 is 0 Å². The average Bonchev–Trinajstić information content (AvgIpc) is 2.35. The second kappa shape index (κ2) is 5.87. The predicted octanol–water partition coefficient (Wildman–Crippen LogP) is 2.20. The third-order valence-corrected chi connectivity index (χ3v) is 2.88. The van der Waals surface area contributed by atoms with Gasteiger partial charge in [-0.2, -0.15) is 0 Å². The Bertz CT molecular complexity index is 414. The SMILES string of the molecule is CC(C)c1ccccc1OCC(C)(C)C(=O)NN. The van der Waals surface area contributed by atoms with Crippen LogP contribution in [0.2, 0.25) is 0 Å². The first-order valence-corrected chi connectivity index (χ1v) is 6.11. The summed E-state index contributed by atoms with van der Waals surface area (Å²) in [5, 5.41) is 0. The Balaban J connectivity index is 2.78. The molecule has 1 amide bonds. The summed E-state index contributed by atoms with van der Waals surface area (Å²) < 4.78 is 5.77. The van der Waals surface area contributed by atoms with E-state index in [0.29, 0.717) is 12.5 Å². The molecule has 0 heterocycles. The van der Waals surface area contributed by atoms with Gasteiger partial charge in [0.1, 0.15) is 12.4 Å². The van der Waals surface area contributed by atoms with Gasteiger partial charge in [-0.1, -0.05) is 32.0 Å². The number of nitrogens with two attached hydrogens (primary N) is 1. The van der Waals surface area contributed by atoms with E-state index in [-0.39, 0.29) is 5.91 Å². The van der Waals surface area contributed by atoms with E-state index < -0.39 is 5.41 Å². The molecular weight excluding hydrogens is 228 g/mol. The van der Waals surface area contributed by atoms with E-state index in [1.165, 1.54) is 0 Å². The molecule has 1 rings (SSSR count). The highest BCUT2D eigenvalue weighted by atomic mass is 16.5. The highest BCUT2D eigenvalue weighted by molar-refractivity contribution is 5.81. The predicted molar refractivity (Wildman–Crippen MR) is 72.1 cm³/mol. The first-order chi connectivity index (χ1) is 8.38. The molecule has 0 bridgehead atoms. The van der Waals surface area contributed by atoms with Crippen LogP contribution in [0.25, 0.3) is 0 Å². The zero-order valence-electron chi connectivity index (χ0n) is 11.5. The maximum absolute atomic E-state index is 11.6. The number of ether oxygens (including phenoxy) is 1. The molecule has 0 atom stereocenters. The first-order valence-electron chi connectivity index (χ1n) is 6.11. The van der Waals surface area contributed by atoms with Crippen LogP contribution in [0.1, 0.15) is 39.2 Å². The topological polar surface area (TPSA) is 64.3 Å². The molecular formula is C14H22N2O2. The summed E-state index contributed by atoms with van der Waals surface area (Å²) in [6, 6.07) is 7.87. The molecule has 3 N–H and O–H groups in total. The minimum Gasteiger partial charge on any atom is -0.492 e. The Morgan fingerprint density at radius 3 is 2.56 bits per heavy atom. The first kappa shape index (κ1) is 14.5. The average molecular weight is 250 g/mol. The molecule has 0 aliphatic carbocycles. The van der Waals surface area contributed by atoms with Crippen LogP contribution < -0.4 is 16.0 Å². The number of rotatable bonds is 5. The van der Waals surface area contributed by atoms with Gasteiger partial charge in [0.15, 0.2) is 0 Å². The summed E-state index contributed by atoms with van der Waals surface area (Å²) in [6.07, 6.45) is 0. The van der Waals surface area contributed by atoms with Crippen molar-refractivity contribution in [3.8, 4) is 5.75 Å². The maximum Gasteiger partial charge on any atom is 0.242 e. The van der Waals surface area contributed by atoms with Gasteiger partial charge in [-0.25, -0.2) is 5.84 Å². The van der Waals surface area contributed by atoms with Crippen molar-refractivity contribution in [3.05, 3.63) is 29.8 Å². The molecule has 4 heteroatoms. The standard InChI is InChI=1S/C14H22N2O2/c1-10(2)11-7-5-6-8-12(11)18-9-14(3,4)13(17)16-15/h5-8,10H,9,15H2,1-4H3,(H,16,17). The van der Waals surface area contributed by atoms with E-state index in [0.717, 1.165) is 11.3 Å². The second-order valence-corrected chi connectivity index (χ2v) is 5.34. The molecule has 0 aliphatic heterocycles. The van der Waals surface area contributed by atoms with Gasteiger partial charge < -0.3 is 4.74 Å². The number of carbonyl (C=O) groups is 1. The van der Waals surface area contributed by atoms with Gasteiger partial charge in [-0.3, -0.25) is 10.2 Å². The number of para-hydroxylation sites is 1. The number of benzene rings is 1. The Labute approximate surface area is 108 Å². The van der Waals surface area contributed by atoms with Crippen molar-refractivity contribution in [1.29, 1.82) is 0 Å². The van der Waals surface area contributed by atoms with Crippen LogP contribution >= 0.6 is 0 Å². The summed E-state index contributed by atoms with van der Waals surface area (Å²) in [5.41, 5.74) is 2.65. The highest BCUT2D eigenvalue weighted by Crippen LogP contribution is 2.27. The molecule has 0 aliphatic rings. The number of carbonyl (C=O) groups excluding carboxylic acids is 1. The Hall–Kier alpha value is -1.55. The number of hydrogen-bond acceptors (Lipinski definition) is 3. The number of hydrazine groups is 1. The van der Waals surface area contributed by atoms with Crippen molar-refractivity contribution in [2.75, 3.05) is 6.61 Å². The smallest absolute Gasteiger partial charge is 0.242 e. The largest absolute Gasteiger partial charge is 0.492 e. The van der Waals surface area contributed by atoms with Crippen LogP contribution in [0.15, 0.2) is 24.3 Å². The van der Waals surface area contributed by atoms with Gasteiger partial charge in [0, 0.05) is 0 Å². The fourth-order valence-electron chi connectivity index (χ4n) is 1.61. The van der Waals surface area contributed by atoms with Gasteiger partial charge in [0.2, 0.25) is 5.91 Å². The lowest BCUT2D eigenvalue weighted by Gasteiger charge is -2.23. The quantitative estimate of drug-likeness (QED) is 0.478. The zero-order chi connectivity index (χ0) is 13.8. The summed E-state index contributed by atoms with van der Waals surface area (Å²) >= 11 is 0. The third-order valence-electron chi connectivity index (χ3n) is 2.88. The Morgan fingerprint density at radius 2 is 2.00 bits per heavy atom. The van der Waals surface area contributed by atoms with Crippen molar-refractivity contribution in [1.82, 2.24) is 5.43 Å². The van der Waals surface area contributed by atoms with Crippen LogP contribution in [0, 0.1) is 5.41 Å². The molecule has 100 valence electrons. The molecule has 1 aromatic rings. The lowest BCUT2D eigenvalue weighted by molar-refractivity contribution is -0.130. The van der Waals surface area contributed by atoms with Gasteiger partial charge in [-0.15, -0.1) is 0 Å². The van der Waals surface area contributed by atoms with Crippen LogP contribution in [-0.4, -0.2) is 12.5 Å². The molecule has 0 radical (unpaired) electrons. The number of nitrogens with one attached hydrogen (secondary N) is 1. The van der Waals surface area contributed by atoms with Gasteiger partial charge in [-0.05, 0) is 31.4 Å². The molecule has 1 aromatic carbocycles.